The van der Waals surface area contributed by atoms with Crippen LogP contribution in [0.1, 0.15) is 20.7 Å². The van der Waals surface area contributed by atoms with Gasteiger partial charge >= 0.3 is 0 Å². The van der Waals surface area contributed by atoms with E-state index < -0.39 is 11.7 Å². The lowest BCUT2D eigenvalue weighted by Gasteiger charge is -2.08. The number of benzene rings is 2. The van der Waals surface area contributed by atoms with Crippen LogP contribution in [0.4, 0.5) is 27.4 Å². The van der Waals surface area contributed by atoms with Crippen LogP contribution in [0.15, 0.2) is 48.5 Å². The van der Waals surface area contributed by atoms with Crippen molar-refractivity contribution < 1.29 is 14.0 Å². The quantitative estimate of drug-likeness (QED) is 0.478. The molecule has 8 nitrogen and oxygen atoms in total. The number of hydrogen-bond donors (Lipinski definition) is 5. The van der Waals surface area contributed by atoms with E-state index in [-0.39, 0.29) is 23.1 Å². The number of carbonyl (C=O) groups is 2. The predicted molar refractivity (Wildman–Crippen MR) is 95.6 cm³/mol. The summed E-state index contributed by atoms with van der Waals surface area (Å²) in [5.74, 6) is -1.20. The highest BCUT2D eigenvalue weighted by Crippen LogP contribution is 2.23. The summed E-state index contributed by atoms with van der Waals surface area (Å²) in [6.45, 7) is 0. The number of halogens is 1. The number of primary amides is 1. The first-order chi connectivity index (χ1) is 12.4. The van der Waals surface area contributed by atoms with E-state index >= 15 is 0 Å². The van der Waals surface area contributed by atoms with Crippen LogP contribution in [0.3, 0.4) is 0 Å². The highest BCUT2D eigenvalue weighted by atomic mass is 19.1. The van der Waals surface area contributed by atoms with Crippen molar-refractivity contribution in [3.05, 3.63) is 65.5 Å². The standard InChI is InChI=1S/C17H15FN6O2/c18-10-3-1-9(2-4-10)17(26)22-12-7-5-11(6-8-12)21-16-13(15(20)25)14(19)23-24-16/h1-8H,(H2,20,25)(H,22,26)(H4,19,21,23,24). The molecule has 0 bridgehead atoms. The molecule has 1 aromatic heterocycles. The van der Waals surface area contributed by atoms with Gasteiger partial charge in [0.15, 0.2) is 5.82 Å². The number of rotatable bonds is 5. The van der Waals surface area contributed by atoms with Crippen LogP contribution < -0.4 is 22.1 Å². The Balaban J connectivity index is 1.70. The predicted octanol–water partition coefficient (Wildman–Crippen LogP) is 2.23. The lowest BCUT2D eigenvalue weighted by atomic mass is 10.2. The number of anilines is 4. The molecule has 0 unspecified atom stereocenters. The smallest absolute Gasteiger partial charge is 0.256 e. The van der Waals surface area contributed by atoms with Gasteiger partial charge in [-0.2, -0.15) is 5.10 Å². The maximum Gasteiger partial charge on any atom is 0.256 e. The van der Waals surface area contributed by atoms with E-state index in [1.807, 2.05) is 0 Å². The first kappa shape index (κ1) is 17.0. The molecule has 3 rings (SSSR count). The second kappa shape index (κ2) is 6.93. The largest absolute Gasteiger partial charge is 0.383 e. The van der Waals surface area contributed by atoms with Gasteiger partial charge in [0, 0.05) is 16.9 Å². The molecule has 0 aliphatic carbocycles. The number of nitrogens with zero attached hydrogens (tertiary/aromatic N) is 1. The van der Waals surface area contributed by atoms with Crippen molar-refractivity contribution in [1.82, 2.24) is 10.2 Å². The van der Waals surface area contributed by atoms with E-state index in [9.17, 15) is 14.0 Å². The Hall–Kier alpha value is -3.88. The Labute approximate surface area is 147 Å². The van der Waals surface area contributed by atoms with Crippen LogP contribution in [0.5, 0.6) is 0 Å². The summed E-state index contributed by atoms with van der Waals surface area (Å²) >= 11 is 0. The van der Waals surface area contributed by atoms with Crippen molar-refractivity contribution in [1.29, 1.82) is 0 Å². The van der Waals surface area contributed by atoms with Crippen LogP contribution in [-0.4, -0.2) is 22.0 Å². The van der Waals surface area contributed by atoms with Gasteiger partial charge in [0.05, 0.1) is 0 Å². The van der Waals surface area contributed by atoms with Gasteiger partial charge in [0.25, 0.3) is 11.8 Å². The van der Waals surface area contributed by atoms with E-state index in [2.05, 4.69) is 20.8 Å². The molecule has 2 amide bonds. The van der Waals surface area contributed by atoms with E-state index in [4.69, 9.17) is 11.5 Å². The molecule has 0 radical (unpaired) electrons. The third-order valence-corrected chi connectivity index (χ3v) is 3.55. The van der Waals surface area contributed by atoms with E-state index in [1.165, 1.54) is 24.3 Å². The zero-order valence-corrected chi connectivity index (χ0v) is 13.4. The molecule has 0 spiro atoms. The maximum atomic E-state index is 12.9. The maximum absolute atomic E-state index is 12.9. The fourth-order valence-corrected chi connectivity index (χ4v) is 2.27. The Morgan fingerprint density at radius 1 is 1.00 bits per heavy atom. The zero-order valence-electron chi connectivity index (χ0n) is 13.4. The molecule has 2 aromatic carbocycles. The Kier molecular flexibility index (Phi) is 4.52. The number of nitrogens with two attached hydrogens (primary N) is 2. The van der Waals surface area contributed by atoms with Crippen molar-refractivity contribution in [2.24, 2.45) is 5.73 Å². The lowest BCUT2D eigenvalue weighted by molar-refractivity contribution is 0.0999. The highest BCUT2D eigenvalue weighted by molar-refractivity contribution is 6.04. The summed E-state index contributed by atoms with van der Waals surface area (Å²) in [6.07, 6.45) is 0. The summed E-state index contributed by atoms with van der Waals surface area (Å²) in [6, 6.07) is 11.9. The van der Waals surface area contributed by atoms with E-state index in [0.29, 0.717) is 16.9 Å². The van der Waals surface area contributed by atoms with Gasteiger partial charge in [-0.05, 0) is 48.5 Å². The minimum atomic E-state index is -0.707. The molecule has 0 atom stereocenters. The Morgan fingerprint density at radius 3 is 2.23 bits per heavy atom. The minimum Gasteiger partial charge on any atom is -0.383 e. The number of amides is 2. The molecular formula is C17H15FN6O2. The minimum absolute atomic E-state index is 0.0682. The van der Waals surface area contributed by atoms with E-state index in [0.717, 1.165) is 0 Å². The van der Waals surface area contributed by atoms with Crippen LogP contribution in [0.25, 0.3) is 0 Å². The van der Waals surface area contributed by atoms with Gasteiger partial charge in [-0.25, -0.2) is 4.39 Å². The molecule has 0 saturated heterocycles. The molecule has 3 aromatic rings. The molecule has 0 aliphatic rings. The number of nitrogen functional groups attached to an aromatic ring is 1. The lowest BCUT2D eigenvalue weighted by Crippen LogP contribution is -2.14. The first-order valence-electron chi connectivity index (χ1n) is 7.51. The zero-order chi connectivity index (χ0) is 18.7. The van der Waals surface area contributed by atoms with Crippen molar-refractivity contribution in [3.63, 3.8) is 0 Å². The molecule has 1 heterocycles. The van der Waals surface area contributed by atoms with Gasteiger partial charge in [0.2, 0.25) is 0 Å². The SMILES string of the molecule is NC(=O)c1c(Nc2ccc(NC(=O)c3ccc(F)cc3)cc2)n[nH]c1N. The first-order valence-corrected chi connectivity index (χ1v) is 7.51. The third-order valence-electron chi connectivity index (χ3n) is 3.55. The average Bonchev–Trinajstić information content (AvgIpc) is 2.97. The summed E-state index contributed by atoms with van der Waals surface area (Å²) in [5.41, 5.74) is 12.4. The van der Waals surface area contributed by atoms with Gasteiger partial charge < -0.3 is 22.1 Å². The number of aromatic nitrogens is 2. The summed E-state index contributed by atoms with van der Waals surface area (Å²) in [5, 5.41) is 12.0. The molecule has 26 heavy (non-hydrogen) atoms. The number of nitrogens with one attached hydrogen (secondary N) is 3. The number of hydrogen-bond acceptors (Lipinski definition) is 5. The fourth-order valence-electron chi connectivity index (χ4n) is 2.27. The molecule has 9 heteroatoms. The monoisotopic (exact) mass is 354 g/mol. The fraction of sp³-hybridized carbons (Fsp3) is 0. The molecule has 0 aliphatic heterocycles. The van der Waals surface area contributed by atoms with Crippen molar-refractivity contribution in [2.45, 2.75) is 0 Å². The second-order valence-corrected chi connectivity index (χ2v) is 5.39. The van der Waals surface area contributed by atoms with Gasteiger partial charge in [-0.15, -0.1) is 0 Å². The molecular weight excluding hydrogens is 339 g/mol. The van der Waals surface area contributed by atoms with Gasteiger partial charge in [-0.1, -0.05) is 0 Å². The molecule has 0 saturated carbocycles. The highest BCUT2D eigenvalue weighted by Gasteiger charge is 2.16. The summed E-state index contributed by atoms with van der Waals surface area (Å²) < 4.78 is 12.9. The second-order valence-electron chi connectivity index (χ2n) is 5.39. The molecule has 0 fully saturated rings. The van der Waals surface area contributed by atoms with Gasteiger partial charge in [0.1, 0.15) is 17.2 Å². The number of H-pyrrole nitrogens is 1. The van der Waals surface area contributed by atoms with Crippen LogP contribution in [0.2, 0.25) is 0 Å². The van der Waals surface area contributed by atoms with Crippen molar-refractivity contribution in [2.75, 3.05) is 16.4 Å². The topological polar surface area (TPSA) is 139 Å². The third kappa shape index (κ3) is 3.61. The molecule has 7 N–H and O–H groups in total. The summed E-state index contributed by atoms with van der Waals surface area (Å²) in [4.78, 5) is 23.5. The normalized spacial score (nSPS) is 10.3. The van der Waals surface area contributed by atoms with Crippen LogP contribution in [0, 0.1) is 5.82 Å². The van der Waals surface area contributed by atoms with Gasteiger partial charge in [-0.3, -0.25) is 14.7 Å². The number of carbonyl (C=O) groups excluding carboxylic acids is 2. The van der Waals surface area contributed by atoms with Crippen LogP contribution in [-0.2, 0) is 0 Å². The van der Waals surface area contributed by atoms with Crippen LogP contribution >= 0.6 is 0 Å². The van der Waals surface area contributed by atoms with Crippen molar-refractivity contribution >= 4 is 34.8 Å². The Morgan fingerprint density at radius 2 is 1.62 bits per heavy atom. The molecule has 132 valence electrons. The van der Waals surface area contributed by atoms with Crippen molar-refractivity contribution in [3.8, 4) is 0 Å². The van der Waals surface area contributed by atoms with E-state index in [1.54, 1.807) is 24.3 Å². The summed E-state index contributed by atoms with van der Waals surface area (Å²) in [7, 11) is 0. The number of aromatic amines is 1. The Bertz CT molecular complexity index is 950. The average molecular weight is 354 g/mol.